The lowest BCUT2D eigenvalue weighted by Gasteiger charge is -2.37. The number of amides is 2. The Labute approximate surface area is 74.7 Å². The minimum Gasteiger partial charge on any atom is -0.345 e. The van der Waals surface area contributed by atoms with Crippen LogP contribution in [0.2, 0.25) is 0 Å². The maximum absolute atomic E-state index is 11.3. The predicted octanol–water partition coefficient (Wildman–Crippen LogP) is -0.940. The second-order valence-corrected chi connectivity index (χ2v) is 4.05. The average molecular weight is 186 g/mol. The molecule has 2 fully saturated rings. The van der Waals surface area contributed by atoms with Gasteiger partial charge in [-0.05, 0) is 0 Å². The third kappa shape index (κ3) is 1.18. The lowest BCUT2D eigenvalue weighted by molar-refractivity contribution is -0.144. The summed E-state index contributed by atoms with van der Waals surface area (Å²) in [4.78, 5) is 24.2. The molecule has 0 aromatic rings. The maximum atomic E-state index is 11.3. The molecule has 0 saturated carbocycles. The van der Waals surface area contributed by atoms with Crippen LogP contribution in [-0.4, -0.2) is 47.4 Å². The van der Waals surface area contributed by atoms with Crippen LogP contribution < -0.4 is 5.32 Å². The van der Waals surface area contributed by atoms with Crippen LogP contribution in [0.1, 0.15) is 0 Å². The highest BCUT2D eigenvalue weighted by Crippen LogP contribution is 2.18. The second kappa shape index (κ2) is 2.97. The number of piperazine rings is 1. The summed E-state index contributed by atoms with van der Waals surface area (Å²) in [6.45, 7) is 0.904. The van der Waals surface area contributed by atoms with E-state index in [4.69, 9.17) is 0 Å². The molecule has 2 saturated heterocycles. The highest BCUT2D eigenvalue weighted by atomic mass is 32.2. The number of carbonyl (C=O) groups is 2. The third-order valence-electron chi connectivity index (χ3n) is 2.17. The molecular weight excluding hydrogens is 176 g/mol. The van der Waals surface area contributed by atoms with E-state index in [0.717, 1.165) is 18.1 Å². The third-order valence-corrected chi connectivity index (χ3v) is 3.19. The zero-order chi connectivity index (χ0) is 8.55. The fourth-order valence-electron chi connectivity index (χ4n) is 1.50. The molecule has 2 aliphatic rings. The summed E-state index contributed by atoms with van der Waals surface area (Å²) < 4.78 is 0. The van der Waals surface area contributed by atoms with Crippen molar-refractivity contribution in [2.24, 2.45) is 0 Å². The summed E-state index contributed by atoms with van der Waals surface area (Å²) >= 11 is 1.73. The number of thioether (sulfide) groups is 1. The van der Waals surface area contributed by atoms with E-state index in [0.29, 0.717) is 0 Å². The van der Waals surface area contributed by atoms with Crippen molar-refractivity contribution in [3.05, 3.63) is 0 Å². The SMILES string of the molecule is O=C1NCC(=O)N2CCSCC12. The monoisotopic (exact) mass is 186 g/mol. The molecule has 2 rings (SSSR count). The molecule has 0 aliphatic carbocycles. The van der Waals surface area contributed by atoms with Gasteiger partial charge < -0.3 is 10.2 Å². The van der Waals surface area contributed by atoms with Gasteiger partial charge in [0.15, 0.2) is 0 Å². The van der Waals surface area contributed by atoms with Crippen molar-refractivity contribution in [2.45, 2.75) is 6.04 Å². The molecule has 2 aliphatic heterocycles. The molecule has 0 spiro atoms. The molecule has 66 valence electrons. The van der Waals surface area contributed by atoms with Crippen LogP contribution >= 0.6 is 11.8 Å². The summed E-state index contributed by atoms with van der Waals surface area (Å²) in [5, 5.41) is 2.59. The van der Waals surface area contributed by atoms with Gasteiger partial charge >= 0.3 is 0 Å². The van der Waals surface area contributed by atoms with Crippen molar-refractivity contribution >= 4 is 23.6 Å². The van der Waals surface area contributed by atoms with Gasteiger partial charge in [0.2, 0.25) is 11.8 Å². The molecule has 2 amide bonds. The van der Waals surface area contributed by atoms with Crippen LogP contribution in [0.3, 0.4) is 0 Å². The number of nitrogens with one attached hydrogen (secondary N) is 1. The highest BCUT2D eigenvalue weighted by molar-refractivity contribution is 7.99. The lowest BCUT2D eigenvalue weighted by atomic mass is 10.2. The molecule has 1 N–H and O–H groups in total. The van der Waals surface area contributed by atoms with Gasteiger partial charge in [0, 0.05) is 18.1 Å². The fourth-order valence-corrected chi connectivity index (χ4v) is 2.55. The summed E-state index contributed by atoms with van der Waals surface area (Å²) in [5.41, 5.74) is 0. The Bertz CT molecular complexity index is 207. The van der Waals surface area contributed by atoms with E-state index in [1.165, 1.54) is 0 Å². The van der Waals surface area contributed by atoms with Crippen molar-refractivity contribution in [1.82, 2.24) is 10.2 Å². The Hall–Kier alpha value is -0.710. The minimum atomic E-state index is -0.204. The predicted molar refractivity (Wildman–Crippen MR) is 45.8 cm³/mol. The number of hydrogen-bond acceptors (Lipinski definition) is 3. The second-order valence-electron chi connectivity index (χ2n) is 2.90. The van der Waals surface area contributed by atoms with Gasteiger partial charge in [-0.15, -0.1) is 0 Å². The summed E-state index contributed by atoms with van der Waals surface area (Å²) in [6.07, 6.45) is 0. The van der Waals surface area contributed by atoms with Gasteiger partial charge in [0.05, 0.1) is 6.54 Å². The molecule has 0 radical (unpaired) electrons. The smallest absolute Gasteiger partial charge is 0.244 e. The average Bonchev–Trinajstić information content (AvgIpc) is 2.12. The van der Waals surface area contributed by atoms with Gasteiger partial charge in [-0.2, -0.15) is 11.8 Å². The van der Waals surface area contributed by atoms with Crippen molar-refractivity contribution in [2.75, 3.05) is 24.6 Å². The van der Waals surface area contributed by atoms with E-state index in [1.807, 2.05) is 0 Å². The standard InChI is InChI=1S/C7H10N2O2S/c10-6-3-8-7(11)5-4-12-2-1-9(5)6/h5H,1-4H2,(H,8,11). The van der Waals surface area contributed by atoms with Gasteiger partial charge in [-0.3, -0.25) is 9.59 Å². The Balaban J connectivity index is 2.16. The highest BCUT2D eigenvalue weighted by Gasteiger charge is 2.35. The maximum Gasteiger partial charge on any atom is 0.244 e. The Morgan fingerprint density at radius 2 is 2.33 bits per heavy atom. The molecule has 12 heavy (non-hydrogen) atoms. The number of hydrogen-bond donors (Lipinski definition) is 1. The van der Waals surface area contributed by atoms with E-state index >= 15 is 0 Å². The van der Waals surface area contributed by atoms with Crippen LogP contribution in [0.4, 0.5) is 0 Å². The van der Waals surface area contributed by atoms with Crippen LogP contribution in [0, 0.1) is 0 Å². The first-order valence-corrected chi connectivity index (χ1v) is 5.09. The molecule has 2 heterocycles. The minimum absolute atomic E-state index is 0.00167. The Morgan fingerprint density at radius 1 is 1.50 bits per heavy atom. The van der Waals surface area contributed by atoms with Crippen molar-refractivity contribution in [3.63, 3.8) is 0 Å². The Kier molecular flexibility index (Phi) is 1.96. The van der Waals surface area contributed by atoms with Crippen molar-refractivity contribution in [3.8, 4) is 0 Å². The first-order chi connectivity index (χ1) is 5.79. The molecule has 0 bridgehead atoms. The summed E-state index contributed by atoms with van der Waals surface area (Å²) in [5.74, 6) is 1.76. The lowest BCUT2D eigenvalue weighted by Crippen LogP contribution is -2.61. The van der Waals surface area contributed by atoms with Gasteiger partial charge in [0.25, 0.3) is 0 Å². The van der Waals surface area contributed by atoms with E-state index in [9.17, 15) is 9.59 Å². The largest absolute Gasteiger partial charge is 0.345 e. The molecular formula is C7H10N2O2S. The van der Waals surface area contributed by atoms with Crippen molar-refractivity contribution < 1.29 is 9.59 Å². The van der Waals surface area contributed by atoms with E-state index in [-0.39, 0.29) is 24.4 Å². The van der Waals surface area contributed by atoms with Gasteiger partial charge in [-0.25, -0.2) is 0 Å². The van der Waals surface area contributed by atoms with E-state index in [1.54, 1.807) is 16.7 Å². The number of rotatable bonds is 0. The topological polar surface area (TPSA) is 49.4 Å². The van der Waals surface area contributed by atoms with Crippen LogP contribution in [0.25, 0.3) is 0 Å². The molecule has 0 aromatic heterocycles. The van der Waals surface area contributed by atoms with E-state index in [2.05, 4.69) is 5.32 Å². The first-order valence-electron chi connectivity index (χ1n) is 3.94. The van der Waals surface area contributed by atoms with Gasteiger partial charge in [-0.1, -0.05) is 0 Å². The molecule has 5 heteroatoms. The van der Waals surface area contributed by atoms with Crippen molar-refractivity contribution in [1.29, 1.82) is 0 Å². The molecule has 1 unspecified atom stereocenters. The number of carbonyl (C=O) groups excluding carboxylic acids is 2. The first kappa shape index (κ1) is 7.91. The van der Waals surface area contributed by atoms with Crippen LogP contribution in [0.5, 0.6) is 0 Å². The zero-order valence-electron chi connectivity index (χ0n) is 6.58. The molecule has 1 atom stereocenters. The Morgan fingerprint density at radius 3 is 3.08 bits per heavy atom. The summed E-state index contributed by atoms with van der Waals surface area (Å²) in [7, 11) is 0. The van der Waals surface area contributed by atoms with E-state index < -0.39 is 0 Å². The number of nitrogens with zero attached hydrogens (tertiary/aromatic N) is 1. The zero-order valence-corrected chi connectivity index (χ0v) is 7.39. The molecule has 4 nitrogen and oxygen atoms in total. The fraction of sp³-hybridized carbons (Fsp3) is 0.714. The normalized spacial score (nSPS) is 29.7. The van der Waals surface area contributed by atoms with Crippen LogP contribution in [-0.2, 0) is 9.59 Å². The quantitative estimate of drug-likeness (QED) is 0.531. The van der Waals surface area contributed by atoms with Crippen LogP contribution in [0.15, 0.2) is 0 Å². The number of fused-ring (bicyclic) bond motifs is 1. The summed E-state index contributed by atoms with van der Waals surface area (Å²) in [6, 6.07) is -0.204. The molecule has 0 aromatic carbocycles. The van der Waals surface area contributed by atoms with Gasteiger partial charge in [0.1, 0.15) is 6.04 Å².